The van der Waals surface area contributed by atoms with Crippen molar-refractivity contribution in [2.45, 2.75) is 31.7 Å². The van der Waals surface area contributed by atoms with E-state index in [1.54, 1.807) is 0 Å². The van der Waals surface area contributed by atoms with Crippen LogP contribution in [0.3, 0.4) is 0 Å². The van der Waals surface area contributed by atoms with Gasteiger partial charge >= 0.3 is 11.9 Å². The standard InChI is InChI=1S/C9H15NO4/c11-8(12)7(9(13)14)10-5-3-1-2-4-6-10/h7H,1-6H2,(H,11,12)(H,13,14). The molecule has 0 amide bonds. The SMILES string of the molecule is O=C(O)C(C(=O)O)N1CCCCCC1. The minimum atomic E-state index is -1.37. The van der Waals surface area contributed by atoms with Gasteiger partial charge in [-0.25, -0.2) is 9.59 Å². The van der Waals surface area contributed by atoms with Crippen molar-refractivity contribution < 1.29 is 19.8 Å². The zero-order valence-corrected chi connectivity index (χ0v) is 7.98. The summed E-state index contributed by atoms with van der Waals surface area (Å²) in [6, 6.07) is -1.37. The van der Waals surface area contributed by atoms with Crippen molar-refractivity contribution in [1.29, 1.82) is 0 Å². The lowest BCUT2D eigenvalue weighted by Crippen LogP contribution is -2.47. The maximum atomic E-state index is 10.7. The van der Waals surface area contributed by atoms with Crippen molar-refractivity contribution in [3.05, 3.63) is 0 Å². The first-order chi connectivity index (χ1) is 6.63. The van der Waals surface area contributed by atoms with Crippen molar-refractivity contribution in [2.24, 2.45) is 0 Å². The second kappa shape index (κ2) is 4.95. The lowest BCUT2D eigenvalue weighted by molar-refractivity contribution is -0.156. The van der Waals surface area contributed by atoms with Gasteiger partial charge in [0.25, 0.3) is 0 Å². The molecule has 1 fully saturated rings. The number of hydrogen-bond acceptors (Lipinski definition) is 3. The Morgan fingerprint density at radius 2 is 1.36 bits per heavy atom. The second-order valence-corrected chi connectivity index (χ2v) is 3.53. The van der Waals surface area contributed by atoms with Gasteiger partial charge in [-0.1, -0.05) is 12.8 Å². The Bertz CT molecular complexity index is 207. The van der Waals surface area contributed by atoms with Crippen LogP contribution in [0.5, 0.6) is 0 Å². The lowest BCUT2D eigenvalue weighted by Gasteiger charge is -2.23. The molecule has 14 heavy (non-hydrogen) atoms. The Morgan fingerprint density at radius 3 is 1.71 bits per heavy atom. The summed E-state index contributed by atoms with van der Waals surface area (Å²) in [4.78, 5) is 23.0. The van der Waals surface area contributed by atoms with Crippen LogP contribution in [0.1, 0.15) is 25.7 Å². The summed E-state index contributed by atoms with van der Waals surface area (Å²) in [6.07, 6.45) is 3.89. The molecule has 1 aliphatic rings. The molecule has 1 rings (SSSR count). The second-order valence-electron chi connectivity index (χ2n) is 3.53. The van der Waals surface area contributed by atoms with E-state index < -0.39 is 18.0 Å². The highest BCUT2D eigenvalue weighted by molar-refractivity contribution is 5.97. The topological polar surface area (TPSA) is 77.8 Å². The molecule has 0 unspecified atom stereocenters. The first-order valence-corrected chi connectivity index (χ1v) is 4.82. The van der Waals surface area contributed by atoms with Gasteiger partial charge in [-0.2, -0.15) is 0 Å². The fourth-order valence-electron chi connectivity index (χ4n) is 1.77. The van der Waals surface area contributed by atoms with E-state index in [1.165, 1.54) is 4.90 Å². The third-order valence-corrected chi connectivity index (χ3v) is 2.47. The number of aliphatic carboxylic acids is 2. The van der Waals surface area contributed by atoms with Crippen LogP contribution >= 0.6 is 0 Å². The molecule has 0 aromatic heterocycles. The minimum absolute atomic E-state index is 0.573. The van der Waals surface area contributed by atoms with Crippen molar-refractivity contribution in [3.63, 3.8) is 0 Å². The first-order valence-electron chi connectivity index (χ1n) is 4.82. The van der Waals surface area contributed by atoms with Crippen LogP contribution in [-0.4, -0.2) is 46.2 Å². The summed E-state index contributed by atoms with van der Waals surface area (Å²) < 4.78 is 0. The monoisotopic (exact) mass is 201 g/mol. The Kier molecular flexibility index (Phi) is 3.88. The number of carboxylic acid groups (broad SMARTS) is 2. The minimum Gasteiger partial charge on any atom is -0.480 e. The third kappa shape index (κ3) is 2.70. The number of rotatable bonds is 3. The predicted octanol–water partition coefficient (Wildman–Crippen LogP) is 0.400. The Labute approximate surface area is 82.3 Å². The van der Waals surface area contributed by atoms with E-state index in [1.807, 2.05) is 0 Å². The summed E-state index contributed by atoms with van der Waals surface area (Å²) in [6.45, 7) is 1.15. The maximum Gasteiger partial charge on any atom is 0.332 e. The zero-order valence-electron chi connectivity index (χ0n) is 7.98. The molecule has 0 atom stereocenters. The fraction of sp³-hybridized carbons (Fsp3) is 0.778. The summed E-state index contributed by atoms with van der Waals surface area (Å²) in [7, 11) is 0. The van der Waals surface area contributed by atoms with E-state index in [0.29, 0.717) is 13.1 Å². The van der Waals surface area contributed by atoms with E-state index >= 15 is 0 Å². The van der Waals surface area contributed by atoms with E-state index in [-0.39, 0.29) is 0 Å². The van der Waals surface area contributed by atoms with Crippen molar-refractivity contribution in [3.8, 4) is 0 Å². The summed E-state index contributed by atoms with van der Waals surface area (Å²) >= 11 is 0. The molecule has 0 spiro atoms. The molecular formula is C9H15NO4. The van der Waals surface area contributed by atoms with Crippen LogP contribution < -0.4 is 0 Å². The van der Waals surface area contributed by atoms with Gasteiger partial charge in [-0.05, 0) is 25.9 Å². The number of hydrogen-bond donors (Lipinski definition) is 2. The quantitative estimate of drug-likeness (QED) is 0.646. The summed E-state index contributed by atoms with van der Waals surface area (Å²) in [5.74, 6) is -2.53. The van der Waals surface area contributed by atoms with Crippen molar-refractivity contribution in [2.75, 3.05) is 13.1 Å². The van der Waals surface area contributed by atoms with Crippen LogP contribution in [0, 0.1) is 0 Å². The molecule has 1 saturated heterocycles. The van der Waals surface area contributed by atoms with Crippen LogP contribution in [0.4, 0.5) is 0 Å². The average molecular weight is 201 g/mol. The molecule has 5 heteroatoms. The van der Waals surface area contributed by atoms with Gasteiger partial charge in [0.1, 0.15) is 0 Å². The highest BCUT2D eigenvalue weighted by atomic mass is 16.4. The van der Waals surface area contributed by atoms with Gasteiger partial charge in [-0.3, -0.25) is 4.90 Å². The van der Waals surface area contributed by atoms with Crippen LogP contribution in [0.15, 0.2) is 0 Å². The molecule has 5 nitrogen and oxygen atoms in total. The molecule has 0 saturated carbocycles. The molecule has 0 radical (unpaired) electrons. The first kappa shape index (κ1) is 11.0. The molecule has 0 aromatic carbocycles. The summed E-state index contributed by atoms with van der Waals surface area (Å²) in [5.41, 5.74) is 0. The molecular weight excluding hydrogens is 186 g/mol. The lowest BCUT2D eigenvalue weighted by atomic mass is 10.2. The van der Waals surface area contributed by atoms with Crippen LogP contribution in [0.2, 0.25) is 0 Å². The fourth-order valence-corrected chi connectivity index (χ4v) is 1.77. The van der Waals surface area contributed by atoms with Gasteiger partial charge in [-0.15, -0.1) is 0 Å². The molecule has 0 aliphatic carbocycles. The number of carboxylic acids is 2. The highest BCUT2D eigenvalue weighted by Gasteiger charge is 2.32. The highest BCUT2D eigenvalue weighted by Crippen LogP contribution is 2.12. The van der Waals surface area contributed by atoms with Crippen LogP contribution in [-0.2, 0) is 9.59 Å². The van der Waals surface area contributed by atoms with Crippen LogP contribution in [0.25, 0.3) is 0 Å². The Balaban J connectivity index is 2.65. The summed E-state index contributed by atoms with van der Waals surface area (Å²) in [5, 5.41) is 17.5. The van der Waals surface area contributed by atoms with Gasteiger partial charge in [0.05, 0.1) is 0 Å². The Hall–Kier alpha value is -1.10. The van der Waals surface area contributed by atoms with E-state index in [0.717, 1.165) is 25.7 Å². The number of nitrogens with zero attached hydrogens (tertiary/aromatic N) is 1. The molecule has 1 aliphatic heterocycles. The smallest absolute Gasteiger partial charge is 0.332 e. The number of likely N-dealkylation sites (tertiary alicyclic amines) is 1. The molecule has 0 bridgehead atoms. The molecule has 80 valence electrons. The van der Waals surface area contributed by atoms with Gasteiger partial charge in [0.2, 0.25) is 6.04 Å². The van der Waals surface area contributed by atoms with Gasteiger partial charge in [0, 0.05) is 0 Å². The number of carbonyl (C=O) groups is 2. The van der Waals surface area contributed by atoms with Gasteiger partial charge in [0.15, 0.2) is 0 Å². The third-order valence-electron chi connectivity index (χ3n) is 2.47. The predicted molar refractivity (Wildman–Crippen MR) is 49.1 cm³/mol. The molecule has 2 N–H and O–H groups in total. The van der Waals surface area contributed by atoms with Crippen molar-refractivity contribution in [1.82, 2.24) is 4.90 Å². The van der Waals surface area contributed by atoms with E-state index in [9.17, 15) is 9.59 Å². The molecule has 1 heterocycles. The largest absolute Gasteiger partial charge is 0.480 e. The van der Waals surface area contributed by atoms with E-state index in [4.69, 9.17) is 10.2 Å². The average Bonchev–Trinajstić information content (AvgIpc) is 2.31. The maximum absolute atomic E-state index is 10.7. The molecule has 0 aromatic rings. The van der Waals surface area contributed by atoms with E-state index in [2.05, 4.69) is 0 Å². The zero-order chi connectivity index (χ0) is 10.6. The normalized spacial score (nSPS) is 19.2. The van der Waals surface area contributed by atoms with Crippen molar-refractivity contribution >= 4 is 11.9 Å². The Morgan fingerprint density at radius 1 is 0.929 bits per heavy atom. The van der Waals surface area contributed by atoms with Gasteiger partial charge < -0.3 is 10.2 Å².